The van der Waals surface area contributed by atoms with Gasteiger partial charge in [-0.1, -0.05) is 41.4 Å². The first-order chi connectivity index (χ1) is 15.8. The van der Waals surface area contributed by atoms with Gasteiger partial charge in [0.25, 0.3) is 5.56 Å². The average molecular weight is 497 g/mol. The Labute approximate surface area is 203 Å². The van der Waals surface area contributed by atoms with Crippen LogP contribution >= 0.6 is 34.5 Å². The van der Waals surface area contributed by atoms with Crippen LogP contribution in [0.25, 0.3) is 22.0 Å². The molecule has 5 aromatic rings. The number of aromatic nitrogens is 4. The van der Waals surface area contributed by atoms with Gasteiger partial charge in [-0.15, -0.1) is 21.5 Å². The van der Waals surface area contributed by atoms with Crippen LogP contribution in [0.15, 0.2) is 71.8 Å². The molecule has 9 heteroatoms. The van der Waals surface area contributed by atoms with E-state index < -0.39 is 5.60 Å². The fraction of sp³-hybridized carbons (Fsp3) is 0.125. The highest BCUT2D eigenvalue weighted by Crippen LogP contribution is 2.42. The zero-order valence-corrected chi connectivity index (χ0v) is 20.0. The molecule has 0 amide bonds. The molecule has 5 rings (SSSR count). The first kappa shape index (κ1) is 21.9. The van der Waals surface area contributed by atoms with Crippen molar-refractivity contribution in [3.63, 3.8) is 0 Å². The van der Waals surface area contributed by atoms with E-state index in [2.05, 4.69) is 10.2 Å². The van der Waals surface area contributed by atoms with Crippen molar-refractivity contribution in [3.8, 4) is 11.1 Å². The van der Waals surface area contributed by atoms with Crippen LogP contribution in [0.2, 0.25) is 9.36 Å². The molecule has 0 saturated heterocycles. The molecule has 166 valence electrons. The molecule has 0 aliphatic rings. The van der Waals surface area contributed by atoms with Crippen LogP contribution < -0.4 is 5.56 Å². The number of fused-ring (bicyclic) bond motifs is 1. The lowest BCUT2D eigenvalue weighted by Crippen LogP contribution is -2.31. The third-order valence-electron chi connectivity index (χ3n) is 5.76. The molecule has 6 nitrogen and oxygen atoms in total. The minimum absolute atomic E-state index is 0.140. The molecule has 1 atom stereocenters. The number of hydrogen-bond donors (Lipinski definition) is 1. The van der Waals surface area contributed by atoms with Gasteiger partial charge in [0.15, 0.2) is 11.4 Å². The third kappa shape index (κ3) is 3.57. The number of pyridine rings is 1. The van der Waals surface area contributed by atoms with Crippen LogP contribution in [-0.2, 0) is 19.7 Å². The van der Waals surface area contributed by atoms with Crippen LogP contribution in [0.4, 0.5) is 0 Å². The molecule has 0 radical (unpaired) electrons. The number of nitrogens with zero attached hydrogens (tertiary/aromatic N) is 4. The maximum absolute atomic E-state index is 12.7. The first-order valence-corrected chi connectivity index (χ1v) is 11.6. The summed E-state index contributed by atoms with van der Waals surface area (Å²) in [6, 6.07) is 18.0. The number of hydrogen-bond acceptors (Lipinski definition) is 5. The average Bonchev–Trinajstić information content (AvgIpc) is 3.44. The zero-order chi connectivity index (χ0) is 23.3. The van der Waals surface area contributed by atoms with Gasteiger partial charge in [-0.2, -0.15) is 0 Å². The SMILES string of the molecule is Cn1cnnc1C(O)(c1ccc2c(c1)c(-c1cccc(Cl)c1)cc(=O)n2C)c1ccc(Cl)s1. The van der Waals surface area contributed by atoms with Crippen molar-refractivity contribution in [1.82, 2.24) is 19.3 Å². The van der Waals surface area contributed by atoms with Gasteiger partial charge in [-0.25, -0.2) is 0 Å². The number of aryl methyl sites for hydroxylation is 2. The van der Waals surface area contributed by atoms with Gasteiger partial charge in [0.2, 0.25) is 0 Å². The van der Waals surface area contributed by atoms with E-state index in [9.17, 15) is 9.90 Å². The Balaban J connectivity index is 1.84. The zero-order valence-electron chi connectivity index (χ0n) is 17.7. The topological polar surface area (TPSA) is 72.9 Å². The molecule has 0 aliphatic carbocycles. The Morgan fingerprint density at radius 2 is 1.85 bits per heavy atom. The number of aliphatic hydroxyl groups is 1. The largest absolute Gasteiger partial charge is 0.372 e. The number of benzene rings is 2. The summed E-state index contributed by atoms with van der Waals surface area (Å²) in [5.41, 5.74) is 1.10. The maximum atomic E-state index is 12.7. The Bertz CT molecular complexity index is 1570. The van der Waals surface area contributed by atoms with Crippen molar-refractivity contribution in [2.24, 2.45) is 14.1 Å². The second-order valence-electron chi connectivity index (χ2n) is 7.78. The molecule has 33 heavy (non-hydrogen) atoms. The second kappa shape index (κ2) is 8.11. The van der Waals surface area contributed by atoms with Crippen molar-refractivity contribution >= 4 is 45.4 Å². The summed E-state index contributed by atoms with van der Waals surface area (Å²) in [4.78, 5) is 13.3. The Morgan fingerprint density at radius 3 is 2.52 bits per heavy atom. The van der Waals surface area contributed by atoms with E-state index in [1.807, 2.05) is 30.3 Å². The van der Waals surface area contributed by atoms with Gasteiger partial charge < -0.3 is 14.2 Å². The van der Waals surface area contributed by atoms with Crippen molar-refractivity contribution in [3.05, 3.63) is 103 Å². The van der Waals surface area contributed by atoms with E-state index in [0.717, 1.165) is 22.0 Å². The van der Waals surface area contributed by atoms with Gasteiger partial charge in [0.05, 0.1) is 14.7 Å². The highest BCUT2D eigenvalue weighted by molar-refractivity contribution is 7.16. The normalized spacial score (nSPS) is 13.4. The summed E-state index contributed by atoms with van der Waals surface area (Å²) in [5, 5.41) is 21.7. The molecular formula is C24H18Cl2N4O2S. The summed E-state index contributed by atoms with van der Waals surface area (Å²) < 4.78 is 3.81. The molecule has 3 heterocycles. The van der Waals surface area contributed by atoms with E-state index in [-0.39, 0.29) is 5.56 Å². The summed E-state index contributed by atoms with van der Waals surface area (Å²) in [5.74, 6) is 0.356. The number of halogens is 2. The maximum Gasteiger partial charge on any atom is 0.251 e. The Kier molecular flexibility index (Phi) is 5.37. The van der Waals surface area contributed by atoms with E-state index in [1.54, 1.807) is 53.6 Å². The number of rotatable bonds is 4. The molecule has 1 unspecified atom stereocenters. The van der Waals surface area contributed by atoms with Crippen LogP contribution in [0.3, 0.4) is 0 Å². The summed E-state index contributed by atoms with van der Waals surface area (Å²) >= 11 is 13.7. The van der Waals surface area contributed by atoms with E-state index in [1.165, 1.54) is 17.7 Å². The van der Waals surface area contributed by atoms with Crippen LogP contribution in [0.1, 0.15) is 16.3 Å². The third-order valence-corrected chi connectivity index (χ3v) is 7.34. The molecule has 3 aromatic heterocycles. The minimum atomic E-state index is -1.60. The van der Waals surface area contributed by atoms with Crippen molar-refractivity contribution in [1.29, 1.82) is 0 Å². The molecule has 0 spiro atoms. The highest BCUT2D eigenvalue weighted by atomic mass is 35.5. The monoisotopic (exact) mass is 496 g/mol. The van der Waals surface area contributed by atoms with Crippen molar-refractivity contribution < 1.29 is 5.11 Å². The van der Waals surface area contributed by atoms with Gasteiger partial charge in [-0.3, -0.25) is 4.79 Å². The molecule has 0 fully saturated rings. The molecule has 1 N–H and O–H groups in total. The first-order valence-electron chi connectivity index (χ1n) is 10.0. The smallest absolute Gasteiger partial charge is 0.251 e. The lowest BCUT2D eigenvalue weighted by Gasteiger charge is -2.27. The number of thiophene rings is 1. The quantitative estimate of drug-likeness (QED) is 0.380. The molecular weight excluding hydrogens is 479 g/mol. The fourth-order valence-corrected chi connectivity index (χ4v) is 5.42. The van der Waals surface area contributed by atoms with Crippen LogP contribution in [-0.4, -0.2) is 24.4 Å². The lowest BCUT2D eigenvalue weighted by molar-refractivity contribution is 0.116. The summed E-state index contributed by atoms with van der Waals surface area (Å²) in [6.07, 6.45) is 1.54. The minimum Gasteiger partial charge on any atom is -0.372 e. The lowest BCUT2D eigenvalue weighted by atomic mass is 9.88. The van der Waals surface area contributed by atoms with E-state index in [0.29, 0.717) is 25.6 Å². The van der Waals surface area contributed by atoms with Crippen molar-refractivity contribution in [2.45, 2.75) is 5.60 Å². The van der Waals surface area contributed by atoms with Gasteiger partial charge in [0.1, 0.15) is 6.33 Å². The second-order valence-corrected chi connectivity index (χ2v) is 9.93. The summed E-state index contributed by atoms with van der Waals surface area (Å²) in [6.45, 7) is 0. The molecule has 0 bridgehead atoms. The fourth-order valence-electron chi connectivity index (χ4n) is 4.08. The standard InChI is InChI=1S/C24H18Cl2N4O2S/c1-29-13-27-28-23(29)24(32,20-8-9-21(26)33-20)15-6-7-19-18(11-15)17(12-22(31)30(19)2)14-4-3-5-16(25)10-14/h3-13,32H,1-2H3. The van der Waals surface area contributed by atoms with E-state index in [4.69, 9.17) is 23.2 Å². The van der Waals surface area contributed by atoms with Gasteiger partial charge in [0, 0.05) is 30.6 Å². The molecule has 0 saturated carbocycles. The van der Waals surface area contributed by atoms with Crippen LogP contribution in [0, 0.1) is 0 Å². The van der Waals surface area contributed by atoms with Gasteiger partial charge in [-0.05, 0) is 53.1 Å². The van der Waals surface area contributed by atoms with Gasteiger partial charge >= 0.3 is 0 Å². The van der Waals surface area contributed by atoms with Crippen LogP contribution in [0.5, 0.6) is 0 Å². The predicted octanol–water partition coefficient (Wildman–Crippen LogP) is 4.99. The molecule has 2 aromatic carbocycles. The predicted molar refractivity (Wildman–Crippen MR) is 132 cm³/mol. The molecule has 0 aliphatic heterocycles. The van der Waals surface area contributed by atoms with E-state index >= 15 is 0 Å². The Hall–Kier alpha value is -2.97. The highest BCUT2D eigenvalue weighted by Gasteiger charge is 2.40. The summed E-state index contributed by atoms with van der Waals surface area (Å²) in [7, 11) is 3.50. The Morgan fingerprint density at radius 1 is 1.03 bits per heavy atom. The van der Waals surface area contributed by atoms with Crippen molar-refractivity contribution in [2.75, 3.05) is 0 Å².